The monoisotopic (exact) mass is 472 g/mol. The molecule has 3 aromatic rings. The third-order valence-corrected chi connectivity index (χ3v) is 5.89. The third-order valence-electron chi connectivity index (χ3n) is 4.50. The van der Waals surface area contributed by atoms with Gasteiger partial charge in [0.25, 0.3) is 0 Å². The number of hydrogen-bond donors (Lipinski definition) is 1. The molecule has 0 spiro atoms. The van der Waals surface area contributed by atoms with Crippen molar-refractivity contribution in [3.8, 4) is 23.0 Å². The average Bonchev–Trinajstić information content (AvgIpc) is 2.76. The highest BCUT2D eigenvalue weighted by Crippen LogP contribution is 2.35. The molecule has 168 valence electrons. The van der Waals surface area contributed by atoms with Crippen LogP contribution in [0.1, 0.15) is 18.9 Å². The van der Waals surface area contributed by atoms with Crippen LogP contribution >= 0.6 is 23.4 Å². The summed E-state index contributed by atoms with van der Waals surface area (Å²) >= 11 is 7.44. The SMILES string of the molecule is Cc1cc(OCCC(C)Oc2ccc(Cl)cc2Oc2ccccc2)ccc1SCC(=O)O. The number of aryl methyl sites for hydroxylation is 1. The van der Waals surface area contributed by atoms with Crippen LogP contribution in [0.5, 0.6) is 23.0 Å². The van der Waals surface area contributed by atoms with E-state index in [-0.39, 0.29) is 11.9 Å². The van der Waals surface area contributed by atoms with Crippen LogP contribution in [0.25, 0.3) is 0 Å². The number of carbonyl (C=O) groups is 1. The summed E-state index contributed by atoms with van der Waals surface area (Å²) in [6, 6.07) is 20.4. The van der Waals surface area contributed by atoms with E-state index < -0.39 is 5.97 Å². The van der Waals surface area contributed by atoms with Crippen LogP contribution in [0.3, 0.4) is 0 Å². The quantitative estimate of drug-likeness (QED) is 0.308. The summed E-state index contributed by atoms with van der Waals surface area (Å²) in [6.07, 6.45) is 0.558. The van der Waals surface area contributed by atoms with Gasteiger partial charge in [0, 0.05) is 22.4 Å². The molecule has 3 aromatic carbocycles. The van der Waals surface area contributed by atoms with Crippen molar-refractivity contribution in [2.24, 2.45) is 0 Å². The highest BCUT2D eigenvalue weighted by molar-refractivity contribution is 8.00. The molecule has 5 nitrogen and oxygen atoms in total. The van der Waals surface area contributed by atoms with Crippen LogP contribution in [0.15, 0.2) is 71.6 Å². The first-order valence-corrected chi connectivity index (χ1v) is 11.5. The second kappa shape index (κ2) is 11.7. The van der Waals surface area contributed by atoms with Gasteiger partial charge in [0.15, 0.2) is 11.5 Å². The van der Waals surface area contributed by atoms with E-state index in [1.54, 1.807) is 18.2 Å². The molecule has 0 aromatic heterocycles. The normalized spacial score (nSPS) is 11.6. The Labute approximate surface area is 197 Å². The number of aliphatic carboxylic acids is 1. The fourth-order valence-corrected chi connectivity index (χ4v) is 3.80. The topological polar surface area (TPSA) is 65.0 Å². The van der Waals surface area contributed by atoms with Crippen molar-refractivity contribution in [1.29, 1.82) is 0 Å². The zero-order valence-corrected chi connectivity index (χ0v) is 19.5. The molecule has 0 heterocycles. The fraction of sp³-hybridized carbons (Fsp3) is 0.240. The van der Waals surface area contributed by atoms with E-state index in [2.05, 4.69) is 0 Å². The number of para-hydroxylation sites is 1. The highest BCUT2D eigenvalue weighted by atomic mass is 35.5. The minimum atomic E-state index is -0.832. The van der Waals surface area contributed by atoms with Gasteiger partial charge in [-0.3, -0.25) is 4.79 Å². The molecular weight excluding hydrogens is 448 g/mol. The average molecular weight is 473 g/mol. The largest absolute Gasteiger partial charge is 0.493 e. The van der Waals surface area contributed by atoms with Gasteiger partial charge in [-0.25, -0.2) is 0 Å². The Bertz CT molecular complexity index is 1040. The van der Waals surface area contributed by atoms with Crippen molar-refractivity contribution in [3.63, 3.8) is 0 Å². The predicted octanol–water partition coefficient (Wildman–Crippen LogP) is 6.85. The van der Waals surface area contributed by atoms with Gasteiger partial charge in [-0.05, 0) is 61.9 Å². The standard InChI is InChI=1S/C25H25ClO5S/c1-17-14-21(9-11-24(17)32-16-25(27)28)29-13-12-18(2)30-22-10-8-19(26)15-23(22)31-20-6-4-3-5-7-20/h3-11,14-15,18H,12-13,16H2,1-2H3,(H,27,28). The summed E-state index contributed by atoms with van der Waals surface area (Å²) in [5, 5.41) is 9.40. The third kappa shape index (κ3) is 7.39. The van der Waals surface area contributed by atoms with Gasteiger partial charge in [-0.1, -0.05) is 29.8 Å². The molecule has 0 aliphatic carbocycles. The molecule has 0 saturated carbocycles. The molecule has 32 heavy (non-hydrogen) atoms. The zero-order chi connectivity index (χ0) is 22.9. The molecule has 0 aliphatic rings. The van der Waals surface area contributed by atoms with Crippen molar-refractivity contribution in [3.05, 3.63) is 77.3 Å². The number of hydrogen-bond acceptors (Lipinski definition) is 5. The van der Waals surface area contributed by atoms with E-state index in [0.717, 1.165) is 16.2 Å². The summed E-state index contributed by atoms with van der Waals surface area (Å²) in [4.78, 5) is 11.7. The summed E-state index contributed by atoms with van der Waals surface area (Å²) in [5.74, 6) is 1.82. The number of thioether (sulfide) groups is 1. The number of carboxylic acids is 1. The highest BCUT2D eigenvalue weighted by Gasteiger charge is 2.12. The van der Waals surface area contributed by atoms with Crippen LogP contribution in [0.4, 0.5) is 0 Å². The maximum absolute atomic E-state index is 10.7. The first-order chi connectivity index (χ1) is 15.4. The summed E-state index contributed by atoms with van der Waals surface area (Å²) < 4.78 is 17.9. The Morgan fingerprint density at radius 1 is 1.03 bits per heavy atom. The minimum Gasteiger partial charge on any atom is -0.493 e. The van der Waals surface area contributed by atoms with Gasteiger partial charge >= 0.3 is 5.97 Å². The number of benzene rings is 3. The minimum absolute atomic E-state index is 0.0383. The van der Waals surface area contributed by atoms with Gasteiger partial charge in [-0.15, -0.1) is 11.8 Å². The lowest BCUT2D eigenvalue weighted by molar-refractivity contribution is -0.133. The van der Waals surface area contributed by atoms with Gasteiger partial charge < -0.3 is 19.3 Å². The van der Waals surface area contributed by atoms with E-state index in [1.807, 2.05) is 62.4 Å². The molecule has 0 fully saturated rings. The Morgan fingerprint density at radius 3 is 2.53 bits per heavy atom. The molecule has 7 heteroatoms. The maximum Gasteiger partial charge on any atom is 0.313 e. The lowest BCUT2D eigenvalue weighted by Gasteiger charge is -2.18. The molecule has 0 aliphatic heterocycles. The Morgan fingerprint density at radius 2 is 1.81 bits per heavy atom. The van der Waals surface area contributed by atoms with Gasteiger partial charge in [0.05, 0.1) is 18.5 Å². The summed E-state index contributed by atoms with van der Waals surface area (Å²) in [7, 11) is 0. The van der Waals surface area contributed by atoms with Crippen LogP contribution in [-0.4, -0.2) is 29.5 Å². The molecule has 0 bridgehead atoms. The number of rotatable bonds is 11. The Hall–Kier alpha value is -2.83. The fourth-order valence-electron chi connectivity index (χ4n) is 2.91. The lowest BCUT2D eigenvalue weighted by atomic mass is 10.2. The van der Waals surface area contributed by atoms with Crippen molar-refractivity contribution in [2.75, 3.05) is 12.4 Å². The first-order valence-electron chi connectivity index (χ1n) is 10.2. The zero-order valence-electron chi connectivity index (χ0n) is 17.9. The molecule has 1 atom stereocenters. The van der Waals surface area contributed by atoms with Crippen molar-refractivity contribution < 1.29 is 24.1 Å². The van der Waals surface area contributed by atoms with E-state index >= 15 is 0 Å². The predicted molar refractivity (Wildman–Crippen MR) is 128 cm³/mol. The second-order valence-electron chi connectivity index (χ2n) is 7.18. The first kappa shape index (κ1) is 23.8. The number of ether oxygens (including phenoxy) is 3. The molecule has 0 saturated heterocycles. The maximum atomic E-state index is 10.7. The van der Waals surface area contributed by atoms with E-state index in [4.69, 9.17) is 30.9 Å². The van der Waals surface area contributed by atoms with Crippen molar-refractivity contribution >= 4 is 29.3 Å². The summed E-state index contributed by atoms with van der Waals surface area (Å²) in [5.41, 5.74) is 0.988. The molecule has 0 radical (unpaired) electrons. The molecule has 1 N–H and O–H groups in total. The second-order valence-corrected chi connectivity index (χ2v) is 8.64. The smallest absolute Gasteiger partial charge is 0.313 e. The Balaban J connectivity index is 1.53. The Kier molecular flexibility index (Phi) is 8.71. The van der Waals surface area contributed by atoms with Crippen molar-refractivity contribution in [2.45, 2.75) is 31.3 Å². The van der Waals surface area contributed by atoms with Gasteiger partial charge in [0.1, 0.15) is 11.5 Å². The van der Waals surface area contributed by atoms with E-state index in [0.29, 0.717) is 35.3 Å². The molecule has 1 unspecified atom stereocenters. The molecular formula is C25H25ClO5S. The van der Waals surface area contributed by atoms with Crippen LogP contribution in [-0.2, 0) is 4.79 Å². The van der Waals surface area contributed by atoms with Gasteiger partial charge in [0.2, 0.25) is 0 Å². The van der Waals surface area contributed by atoms with Gasteiger partial charge in [-0.2, -0.15) is 0 Å². The molecule has 3 rings (SSSR count). The summed E-state index contributed by atoms with van der Waals surface area (Å²) in [6.45, 7) is 4.39. The van der Waals surface area contributed by atoms with Crippen LogP contribution in [0, 0.1) is 6.92 Å². The lowest BCUT2D eigenvalue weighted by Crippen LogP contribution is -2.16. The molecule has 0 amide bonds. The van der Waals surface area contributed by atoms with Crippen molar-refractivity contribution in [1.82, 2.24) is 0 Å². The van der Waals surface area contributed by atoms with E-state index in [1.165, 1.54) is 11.8 Å². The van der Waals surface area contributed by atoms with E-state index in [9.17, 15) is 4.79 Å². The van der Waals surface area contributed by atoms with Crippen LogP contribution < -0.4 is 14.2 Å². The number of halogens is 1. The number of carboxylic acid groups (broad SMARTS) is 1. The van der Waals surface area contributed by atoms with Crippen LogP contribution in [0.2, 0.25) is 5.02 Å².